The molecule has 90 valence electrons. The number of methoxy groups -OCH3 is 2. The number of carbonyl (C=O) groups is 1. The molecule has 0 aromatic heterocycles. The van der Waals surface area contributed by atoms with E-state index in [-0.39, 0.29) is 6.61 Å². The first-order valence-corrected chi connectivity index (χ1v) is 5.32. The maximum atomic E-state index is 10.8. The Morgan fingerprint density at radius 3 is 2.71 bits per heavy atom. The Morgan fingerprint density at radius 2 is 2.12 bits per heavy atom. The van der Waals surface area contributed by atoms with Gasteiger partial charge in [-0.3, -0.25) is 4.79 Å². The van der Waals surface area contributed by atoms with Crippen LogP contribution in [0.2, 0.25) is 0 Å². The molecule has 1 aliphatic rings. The molecule has 0 saturated carbocycles. The van der Waals surface area contributed by atoms with Crippen molar-refractivity contribution in [2.24, 2.45) is 0 Å². The molecule has 0 radical (unpaired) electrons. The van der Waals surface area contributed by atoms with Gasteiger partial charge in [0.25, 0.3) is 0 Å². The standard InChI is InChI=1S/C12H11ClO4/c1-15-9-4-3-8-10(13)7(5-14)6-17-11(8)12(9)16-2/h3-5H,6H2,1-2H3. The molecular formula is C12H11ClO4. The minimum absolute atomic E-state index is 0.138. The lowest BCUT2D eigenvalue weighted by Gasteiger charge is -2.21. The molecule has 1 heterocycles. The molecule has 0 N–H and O–H groups in total. The molecule has 1 aromatic carbocycles. The Morgan fingerprint density at radius 1 is 1.35 bits per heavy atom. The van der Waals surface area contributed by atoms with Gasteiger partial charge in [-0.05, 0) is 12.1 Å². The Labute approximate surface area is 104 Å². The summed E-state index contributed by atoms with van der Waals surface area (Å²) in [5.41, 5.74) is 1.06. The summed E-state index contributed by atoms with van der Waals surface area (Å²) in [4.78, 5) is 10.8. The quantitative estimate of drug-likeness (QED) is 0.776. The van der Waals surface area contributed by atoms with E-state index in [1.165, 1.54) is 7.11 Å². The number of carbonyl (C=O) groups excluding carboxylic acids is 1. The zero-order valence-electron chi connectivity index (χ0n) is 9.45. The first-order chi connectivity index (χ1) is 8.22. The Kier molecular flexibility index (Phi) is 3.24. The maximum Gasteiger partial charge on any atom is 0.203 e. The molecule has 4 nitrogen and oxygen atoms in total. The fourth-order valence-electron chi connectivity index (χ4n) is 1.69. The van der Waals surface area contributed by atoms with Crippen LogP contribution in [0.5, 0.6) is 17.2 Å². The largest absolute Gasteiger partial charge is 0.493 e. The van der Waals surface area contributed by atoms with E-state index in [0.29, 0.717) is 39.7 Å². The number of ether oxygens (including phenoxy) is 3. The molecule has 17 heavy (non-hydrogen) atoms. The van der Waals surface area contributed by atoms with E-state index in [1.54, 1.807) is 19.2 Å². The van der Waals surface area contributed by atoms with Gasteiger partial charge in [0, 0.05) is 11.1 Å². The van der Waals surface area contributed by atoms with Crippen LogP contribution < -0.4 is 14.2 Å². The number of rotatable bonds is 3. The third-order valence-corrected chi connectivity index (χ3v) is 2.98. The SMILES string of the molecule is COc1ccc2c(c1OC)OCC(C=O)=C2Cl. The number of hydrogen-bond donors (Lipinski definition) is 0. The van der Waals surface area contributed by atoms with Gasteiger partial charge in [-0.2, -0.15) is 0 Å². The van der Waals surface area contributed by atoms with Gasteiger partial charge < -0.3 is 14.2 Å². The van der Waals surface area contributed by atoms with Gasteiger partial charge >= 0.3 is 0 Å². The molecule has 0 fully saturated rings. The molecule has 0 spiro atoms. The third kappa shape index (κ3) is 1.85. The predicted octanol–water partition coefficient (Wildman–Crippen LogP) is 2.25. The molecular weight excluding hydrogens is 244 g/mol. The second-order valence-corrected chi connectivity index (χ2v) is 3.80. The molecule has 5 heteroatoms. The molecule has 0 atom stereocenters. The first-order valence-electron chi connectivity index (χ1n) is 4.95. The summed E-state index contributed by atoms with van der Waals surface area (Å²) in [5.74, 6) is 1.54. The number of fused-ring (bicyclic) bond motifs is 1. The Hall–Kier alpha value is -1.68. The van der Waals surface area contributed by atoms with E-state index in [2.05, 4.69) is 0 Å². The predicted molar refractivity (Wildman–Crippen MR) is 63.9 cm³/mol. The van der Waals surface area contributed by atoms with Crippen LogP contribution in [0.25, 0.3) is 5.03 Å². The monoisotopic (exact) mass is 254 g/mol. The fraction of sp³-hybridized carbons (Fsp3) is 0.250. The Balaban J connectivity index is 2.63. The minimum Gasteiger partial charge on any atom is -0.493 e. The van der Waals surface area contributed by atoms with Crippen LogP contribution in [0.15, 0.2) is 17.7 Å². The van der Waals surface area contributed by atoms with Crippen LogP contribution in [-0.2, 0) is 4.79 Å². The minimum atomic E-state index is 0.138. The van der Waals surface area contributed by atoms with E-state index in [9.17, 15) is 4.79 Å². The van der Waals surface area contributed by atoms with Crippen molar-refractivity contribution in [3.8, 4) is 17.2 Å². The number of halogens is 1. The van der Waals surface area contributed by atoms with Gasteiger partial charge in [0.15, 0.2) is 17.8 Å². The summed E-state index contributed by atoms with van der Waals surface area (Å²) in [6.45, 7) is 0.138. The normalized spacial score (nSPS) is 13.8. The third-order valence-electron chi connectivity index (χ3n) is 2.53. The highest BCUT2D eigenvalue weighted by Gasteiger charge is 2.24. The van der Waals surface area contributed by atoms with E-state index in [1.807, 2.05) is 0 Å². The molecule has 2 rings (SSSR count). The number of aldehydes is 1. The number of benzene rings is 1. The highest BCUT2D eigenvalue weighted by Crippen LogP contribution is 2.46. The van der Waals surface area contributed by atoms with E-state index < -0.39 is 0 Å². The smallest absolute Gasteiger partial charge is 0.203 e. The molecule has 1 aliphatic heterocycles. The van der Waals surface area contributed by atoms with Gasteiger partial charge in [0.05, 0.1) is 19.3 Å². The van der Waals surface area contributed by atoms with Crippen molar-refractivity contribution in [2.45, 2.75) is 0 Å². The van der Waals surface area contributed by atoms with Crippen LogP contribution in [0.3, 0.4) is 0 Å². The van der Waals surface area contributed by atoms with Crippen LogP contribution >= 0.6 is 11.6 Å². The van der Waals surface area contributed by atoms with Crippen molar-refractivity contribution in [3.05, 3.63) is 23.3 Å². The summed E-state index contributed by atoms with van der Waals surface area (Å²) in [5, 5.41) is 0.391. The molecule has 0 amide bonds. The zero-order chi connectivity index (χ0) is 12.4. The summed E-state index contributed by atoms with van der Waals surface area (Å²) in [6, 6.07) is 3.46. The molecule has 0 bridgehead atoms. The van der Waals surface area contributed by atoms with Crippen molar-refractivity contribution < 1.29 is 19.0 Å². The lowest BCUT2D eigenvalue weighted by molar-refractivity contribution is -0.105. The van der Waals surface area contributed by atoms with E-state index in [0.717, 1.165) is 0 Å². The molecule has 0 aliphatic carbocycles. The van der Waals surface area contributed by atoms with Gasteiger partial charge in [0.1, 0.15) is 6.61 Å². The molecule has 1 aromatic rings. The van der Waals surface area contributed by atoms with Crippen molar-refractivity contribution in [3.63, 3.8) is 0 Å². The summed E-state index contributed by atoms with van der Waals surface area (Å²) < 4.78 is 15.9. The summed E-state index contributed by atoms with van der Waals surface area (Å²) in [6.07, 6.45) is 0.696. The highest BCUT2D eigenvalue weighted by atomic mass is 35.5. The van der Waals surface area contributed by atoms with Gasteiger partial charge in [-0.15, -0.1) is 0 Å². The van der Waals surface area contributed by atoms with Crippen molar-refractivity contribution in [2.75, 3.05) is 20.8 Å². The van der Waals surface area contributed by atoms with Crippen molar-refractivity contribution >= 4 is 22.9 Å². The average molecular weight is 255 g/mol. The number of hydrogen-bond acceptors (Lipinski definition) is 4. The molecule has 0 unspecified atom stereocenters. The summed E-state index contributed by atoms with van der Waals surface area (Å²) >= 11 is 6.11. The van der Waals surface area contributed by atoms with E-state index in [4.69, 9.17) is 25.8 Å². The van der Waals surface area contributed by atoms with Crippen molar-refractivity contribution in [1.29, 1.82) is 0 Å². The van der Waals surface area contributed by atoms with Crippen LogP contribution in [0, 0.1) is 0 Å². The lowest BCUT2D eigenvalue weighted by atomic mass is 10.1. The average Bonchev–Trinajstić information content (AvgIpc) is 2.37. The van der Waals surface area contributed by atoms with Crippen LogP contribution in [-0.4, -0.2) is 27.1 Å². The van der Waals surface area contributed by atoms with Crippen LogP contribution in [0.4, 0.5) is 0 Å². The lowest BCUT2D eigenvalue weighted by Crippen LogP contribution is -2.11. The maximum absolute atomic E-state index is 10.8. The van der Waals surface area contributed by atoms with E-state index >= 15 is 0 Å². The van der Waals surface area contributed by atoms with Gasteiger partial charge in [-0.1, -0.05) is 11.6 Å². The van der Waals surface area contributed by atoms with Crippen LogP contribution in [0.1, 0.15) is 5.56 Å². The Bertz CT molecular complexity index is 494. The highest BCUT2D eigenvalue weighted by molar-refractivity contribution is 6.51. The second kappa shape index (κ2) is 4.67. The first kappa shape index (κ1) is 11.8. The van der Waals surface area contributed by atoms with Gasteiger partial charge in [0.2, 0.25) is 5.75 Å². The van der Waals surface area contributed by atoms with Crippen molar-refractivity contribution in [1.82, 2.24) is 0 Å². The topological polar surface area (TPSA) is 44.8 Å². The zero-order valence-corrected chi connectivity index (χ0v) is 10.2. The second-order valence-electron chi connectivity index (χ2n) is 3.42. The fourth-order valence-corrected chi connectivity index (χ4v) is 1.93. The summed E-state index contributed by atoms with van der Waals surface area (Å²) in [7, 11) is 3.07. The van der Waals surface area contributed by atoms with Gasteiger partial charge in [-0.25, -0.2) is 0 Å². The molecule has 0 saturated heterocycles.